The van der Waals surface area contributed by atoms with Crippen LogP contribution in [0.25, 0.3) is 0 Å². The number of nitrogens with one attached hydrogen (secondary N) is 1. The number of furan rings is 1. The number of nitrogens with zero attached hydrogens (tertiary/aromatic N) is 1. The maximum Gasteiger partial charge on any atom is 0.287 e. The normalized spacial score (nSPS) is 11.6. The maximum absolute atomic E-state index is 12.0. The van der Waals surface area contributed by atoms with Gasteiger partial charge in [-0.1, -0.05) is 23.3 Å². The molecule has 0 spiro atoms. The van der Waals surface area contributed by atoms with Crippen molar-refractivity contribution in [2.75, 3.05) is 20.6 Å². The molecule has 1 amide bonds. The van der Waals surface area contributed by atoms with Crippen molar-refractivity contribution in [1.82, 2.24) is 10.2 Å². The first-order chi connectivity index (χ1) is 10.4. The van der Waals surface area contributed by atoms with Gasteiger partial charge >= 0.3 is 0 Å². The summed E-state index contributed by atoms with van der Waals surface area (Å²) in [4.78, 5) is 14.0. The molecule has 1 N–H and O–H groups in total. The number of carbonyl (C=O) groups is 1. The Bertz CT molecular complexity index is 535. The minimum absolute atomic E-state index is 0.168. The smallest absolute Gasteiger partial charge is 0.287 e. The molecule has 0 bridgehead atoms. The van der Waals surface area contributed by atoms with Gasteiger partial charge < -0.3 is 14.6 Å². The van der Waals surface area contributed by atoms with Gasteiger partial charge in [0, 0.05) is 6.54 Å². The van der Waals surface area contributed by atoms with Crippen LogP contribution in [-0.2, 0) is 6.54 Å². The van der Waals surface area contributed by atoms with Crippen molar-refractivity contribution < 1.29 is 9.21 Å². The molecule has 0 aromatic carbocycles. The van der Waals surface area contributed by atoms with Gasteiger partial charge in [-0.2, -0.15) is 0 Å². The summed E-state index contributed by atoms with van der Waals surface area (Å²) in [7, 11) is 3.93. The van der Waals surface area contributed by atoms with E-state index in [2.05, 4.69) is 38.2 Å². The standard InChI is InChI=1S/C18H28N2O2/c1-14(2)7-6-8-15(3)11-12-19-18(21)17-10-9-16(22-17)13-20(4)5/h7,9-11H,6,8,12-13H2,1-5H3,(H,19,21)/b15-11+. The molecule has 0 unspecified atom stereocenters. The van der Waals surface area contributed by atoms with E-state index in [0.717, 1.165) is 18.6 Å². The van der Waals surface area contributed by atoms with Crippen LogP contribution in [-0.4, -0.2) is 31.4 Å². The second-order valence-electron chi connectivity index (χ2n) is 6.08. The lowest BCUT2D eigenvalue weighted by molar-refractivity contribution is 0.0927. The van der Waals surface area contributed by atoms with Gasteiger partial charge in [-0.25, -0.2) is 0 Å². The summed E-state index contributed by atoms with van der Waals surface area (Å²) in [6.45, 7) is 7.52. The van der Waals surface area contributed by atoms with Crippen molar-refractivity contribution in [3.05, 3.63) is 47.0 Å². The van der Waals surface area contributed by atoms with E-state index in [1.165, 1.54) is 11.1 Å². The summed E-state index contributed by atoms with van der Waals surface area (Å²) in [5.74, 6) is 0.995. The van der Waals surface area contributed by atoms with Gasteiger partial charge in [-0.15, -0.1) is 0 Å². The molecule has 22 heavy (non-hydrogen) atoms. The summed E-state index contributed by atoms with van der Waals surface area (Å²) in [5.41, 5.74) is 2.62. The zero-order chi connectivity index (χ0) is 16.5. The predicted octanol–water partition coefficient (Wildman–Crippen LogP) is 3.76. The molecule has 0 aliphatic carbocycles. The van der Waals surface area contributed by atoms with Crippen molar-refractivity contribution in [1.29, 1.82) is 0 Å². The molecule has 0 saturated heterocycles. The van der Waals surface area contributed by atoms with Crippen LogP contribution < -0.4 is 5.32 Å². The number of carbonyl (C=O) groups excluding carboxylic acids is 1. The number of hydrogen-bond donors (Lipinski definition) is 1. The Kier molecular flexibility index (Phi) is 7.67. The molecule has 4 nitrogen and oxygen atoms in total. The minimum Gasteiger partial charge on any atom is -0.455 e. The van der Waals surface area contributed by atoms with Crippen molar-refractivity contribution in [3.8, 4) is 0 Å². The molecule has 1 rings (SSSR count). The van der Waals surface area contributed by atoms with Crippen LogP contribution in [0.1, 0.15) is 49.9 Å². The molecule has 0 atom stereocenters. The van der Waals surface area contributed by atoms with Crippen molar-refractivity contribution in [2.24, 2.45) is 0 Å². The lowest BCUT2D eigenvalue weighted by Gasteiger charge is -2.05. The van der Waals surface area contributed by atoms with Gasteiger partial charge in [-0.05, 0) is 59.8 Å². The van der Waals surface area contributed by atoms with Crippen LogP contribution in [0.3, 0.4) is 0 Å². The summed E-state index contributed by atoms with van der Waals surface area (Å²) >= 11 is 0. The van der Waals surface area contributed by atoms with E-state index in [-0.39, 0.29) is 5.91 Å². The molecule has 4 heteroatoms. The average Bonchev–Trinajstić information content (AvgIpc) is 2.85. The van der Waals surface area contributed by atoms with Crippen molar-refractivity contribution in [2.45, 2.75) is 40.2 Å². The molecule has 1 aromatic heterocycles. The van der Waals surface area contributed by atoms with Crippen molar-refractivity contribution >= 4 is 5.91 Å². The number of rotatable bonds is 8. The molecule has 0 aliphatic rings. The molecule has 0 aliphatic heterocycles. The molecule has 122 valence electrons. The van der Waals surface area contributed by atoms with E-state index < -0.39 is 0 Å². The predicted molar refractivity (Wildman–Crippen MR) is 90.9 cm³/mol. The Hall–Kier alpha value is -1.81. The highest BCUT2D eigenvalue weighted by molar-refractivity contribution is 5.91. The fourth-order valence-corrected chi connectivity index (χ4v) is 1.99. The van der Waals surface area contributed by atoms with E-state index in [1.54, 1.807) is 6.07 Å². The molecule has 1 aromatic rings. The lowest BCUT2D eigenvalue weighted by Crippen LogP contribution is -2.23. The molecule has 0 saturated carbocycles. The third-order valence-electron chi connectivity index (χ3n) is 3.16. The van der Waals surface area contributed by atoms with Gasteiger partial charge in [0.2, 0.25) is 0 Å². The molecular formula is C18H28N2O2. The summed E-state index contributed by atoms with van der Waals surface area (Å²) < 4.78 is 5.52. The van der Waals surface area contributed by atoms with Gasteiger partial charge in [0.05, 0.1) is 6.54 Å². The molecule has 0 fully saturated rings. The van der Waals surface area contributed by atoms with Crippen LogP contribution in [0.15, 0.2) is 39.8 Å². The van der Waals surface area contributed by atoms with Crippen LogP contribution in [0.5, 0.6) is 0 Å². The second-order valence-corrected chi connectivity index (χ2v) is 6.08. The SMILES string of the molecule is CC(C)=CCC/C(C)=C/CNC(=O)c1ccc(CN(C)C)o1. The fraction of sp³-hybridized carbons (Fsp3) is 0.500. The number of allylic oxidation sites excluding steroid dienone is 3. The average molecular weight is 304 g/mol. The van der Waals surface area contributed by atoms with E-state index in [1.807, 2.05) is 25.1 Å². The van der Waals surface area contributed by atoms with Gasteiger partial charge in [0.25, 0.3) is 5.91 Å². The van der Waals surface area contributed by atoms with Crippen LogP contribution >= 0.6 is 0 Å². The lowest BCUT2D eigenvalue weighted by atomic mass is 10.1. The third kappa shape index (κ3) is 7.27. The highest BCUT2D eigenvalue weighted by Crippen LogP contribution is 2.09. The number of hydrogen-bond acceptors (Lipinski definition) is 3. The first-order valence-corrected chi connectivity index (χ1v) is 7.69. The maximum atomic E-state index is 12.0. The Morgan fingerprint density at radius 2 is 1.95 bits per heavy atom. The Labute approximate surface area is 133 Å². The first kappa shape index (κ1) is 18.2. The van der Waals surface area contributed by atoms with E-state index in [0.29, 0.717) is 18.8 Å². The van der Waals surface area contributed by atoms with Gasteiger partial charge in [0.1, 0.15) is 5.76 Å². The highest BCUT2D eigenvalue weighted by atomic mass is 16.4. The zero-order valence-electron chi connectivity index (χ0n) is 14.4. The minimum atomic E-state index is -0.168. The topological polar surface area (TPSA) is 45.5 Å². The van der Waals surface area contributed by atoms with Crippen LogP contribution in [0.2, 0.25) is 0 Å². The van der Waals surface area contributed by atoms with Crippen LogP contribution in [0, 0.1) is 0 Å². The second kappa shape index (κ2) is 9.26. The number of amides is 1. The quantitative estimate of drug-likeness (QED) is 0.744. The fourth-order valence-electron chi connectivity index (χ4n) is 1.99. The summed E-state index contributed by atoms with van der Waals surface area (Å²) in [5, 5.41) is 2.86. The zero-order valence-corrected chi connectivity index (χ0v) is 14.4. The van der Waals surface area contributed by atoms with Gasteiger partial charge in [0.15, 0.2) is 5.76 Å². The molecule has 1 heterocycles. The van der Waals surface area contributed by atoms with E-state index in [9.17, 15) is 4.79 Å². The monoisotopic (exact) mass is 304 g/mol. The Balaban J connectivity index is 2.39. The Morgan fingerprint density at radius 1 is 1.23 bits per heavy atom. The molecule has 0 radical (unpaired) electrons. The van der Waals surface area contributed by atoms with E-state index >= 15 is 0 Å². The third-order valence-corrected chi connectivity index (χ3v) is 3.16. The highest BCUT2D eigenvalue weighted by Gasteiger charge is 2.10. The van der Waals surface area contributed by atoms with E-state index in [4.69, 9.17) is 4.42 Å². The Morgan fingerprint density at radius 3 is 2.59 bits per heavy atom. The molecular weight excluding hydrogens is 276 g/mol. The summed E-state index contributed by atoms with van der Waals surface area (Å²) in [6, 6.07) is 3.56. The first-order valence-electron chi connectivity index (χ1n) is 7.69. The van der Waals surface area contributed by atoms with Crippen molar-refractivity contribution in [3.63, 3.8) is 0 Å². The largest absolute Gasteiger partial charge is 0.455 e. The van der Waals surface area contributed by atoms with Crippen LogP contribution in [0.4, 0.5) is 0 Å². The summed E-state index contributed by atoms with van der Waals surface area (Å²) in [6.07, 6.45) is 6.35. The van der Waals surface area contributed by atoms with Gasteiger partial charge in [-0.3, -0.25) is 4.79 Å².